The van der Waals surface area contributed by atoms with Gasteiger partial charge in [-0.1, -0.05) is 60.1 Å². The monoisotopic (exact) mass is 299 g/mol. The first-order valence-corrected chi connectivity index (χ1v) is 7.19. The third kappa shape index (κ3) is 3.07. The van der Waals surface area contributed by atoms with Crippen molar-refractivity contribution in [3.8, 4) is 0 Å². The van der Waals surface area contributed by atoms with E-state index < -0.39 is 0 Å². The summed E-state index contributed by atoms with van der Waals surface area (Å²) in [5.74, 6) is -0.351. The van der Waals surface area contributed by atoms with Crippen LogP contribution in [0.2, 0.25) is 5.02 Å². The van der Waals surface area contributed by atoms with Gasteiger partial charge in [-0.05, 0) is 34.9 Å². The number of hydrogen-bond donors (Lipinski definition) is 1. The summed E-state index contributed by atoms with van der Waals surface area (Å²) in [5, 5.41) is 2.74. The van der Waals surface area contributed by atoms with Crippen LogP contribution in [0.5, 0.6) is 0 Å². The predicted octanol–water partition coefficient (Wildman–Crippen LogP) is 4.87. The molecule has 0 bridgehead atoms. The predicted molar refractivity (Wildman–Crippen MR) is 86.0 cm³/mol. The molecule has 0 aliphatic heterocycles. The fraction of sp³-hybridized carbons (Fsp3) is 0.111. The van der Waals surface area contributed by atoms with Gasteiger partial charge in [-0.25, -0.2) is 4.39 Å². The van der Waals surface area contributed by atoms with Crippen molar-refractivity contribution in [2.75, 3.05) is 0 Å². The number of rotatable bonds is 3. The molecule has 0 amide bonds. The van der Waals surface area contributed by atoms with E-state index in [9.17, 15) is 4.39 Å². The van der Waals surface area contributed by atoms with Crippen molar-refractivity contribution in [3.63, 3.8) is 0 Å². The highest BCUT2D eigenvalue weighted by atomic mass is 35.5. The molecule has 21 heavy (non-hydrogen) atoms. The van der Waals surface area contributed by atoms with Gasteiger partial charge >= 0.3 is 0 Å². The van der Waals surface area contributed by atoms with E-state index in [1.165, 1.54) is 16.8 Å². The molecule has 106 valence electrons. The Morgan fingerprint density at radius 1 is 0.952 bits per heavy atom. The maximum atomic E-state index is 13.9. The Morgan fingerprint density at radius 2 is 1.71 bits per heavy atom. The minimum Gasteiger partial charge on any atom is -0.324 e. The first-order chi connectivity index (χ1) is 10.1. The molecule has 0 aromatic heterocycles. The Bertz CT molecular complexity index is 785. The molecule has 1 atom stereocenters. The molecule has 0 saturated heterocycles. The summed E-state index contributed by atoms with van der Waals surface area (Å²) < 4.78 is 13.9. The molecule has 0 spiro atoms. The number of hydrogen-bond acceptors (Lipinski definition) is 1. The smallest absolute Gasteiger partial charge is 0.129 e. The van der Waals surface area contributed by atoms with E-state index >= 15 is 0 Å². The summed E-state index contributed by atoms with van der Waals surface area (Å²) in [5.41, 5.74) is 7.73. The van der Waals surface area contributed by atoms with E-state index in [0.29, 0.717) is 17.0 Å². The van der Waals surface area contributed by atoms with Gasteiger partial charge in [-0.3, -0.25) is 0 Å². The molecule has 1 nitrogen and oxygen atoms in total. The first-order valence-electron chi connectivity index (χ1n) is 6.82. The van der Waals surface area contributed by atoms with Gasteiger partial charge in [-0.15, -0.1) is 0 Å². The van der Waals surface area contributed by atoms with Crippen LogP contribution in [0, 0.1) is 5.82 Å². The summed E-state index contributed by atoms with van der Waals surface area (Å²) >= 11 is 5.77. The lowest BCUT2D eigenvalue weighted by molar-refractivity contribution is 0.580. The van der Waals surface area contributed by atoms with Gasteiger partial charge in [-0.2, -0.15) is 0 Å². The van der Waals surface area contributed by atoms with Crippen LogP contribution in [0.15, 0.2) is 60.7 Å². The molecule has 1 unspecified atom stereocenters. The second-order valence-corrected chi connectivity index (χ2v) is 5.59. The number of benzene rings is 3. The SMILES string of the molecule is NC(Cc1ccc2ccccc2c1)c1ccc(Cl)cc1F. The molecule has 3 aromatic rings. The van der Waals surface area contributed by atoms with Gasteiger partial charge in [0.15, 0.2) is 0 Å². The Balaban J connectivity index is 1.87. The third-order valence-electron chi connectivity index (χ3n) is 3.63. The van der Waals surface area contributed by atoms with Gasteiger partial charge in [0, 0.05) is 16.6 Å². The van der Waals surface area contributed by atoms with E-state index in [4.69, 9.17) is 17.3 Å². The summed E-state index contributed by atoms with van der Waals surface area (Å²) in [4.78, 5) is 0. The average molecular weight is 300 g/mol. The molecular formula is C18H15ClFN. The van der Waals surface area contributed by atoms with Crippen molar-refractivity contribution in [3.05, 3.63) is 82.6 Å². The van der Waals surface area contributed by atoms with Gasteiger partial charge in [0.2, 0.25) is 0 Å². The molecule has 3 aromatic carbocycles. The highest BCUT2D eigenvalue weighted by Gasteiger charge is 2.12. The maximum absolute atomic E-state index is 13.9. The molecule has 0 radical (unpaired) electrons. The molecular weight excluding hydrogens is 285 g/mol. The summed E-state index contributed by atoms with van der Waals surface area (Å²) in [6.45, 7) is 0. The molecule has 0 aliphatic rings. The minimum atomic E-state index is -0.386. The van der Waals surface area contributed by atoms with Gasteiger partial charge in [0.1, 0.15) is 5.82 Å². The minimum absolute atomic E-state index is 0.351. The Hall–Kier alpha value is -1.90. The Morgan fingerprint density at radius 3 is 2.48 bits per heavy atom. The van der Waals surface area contributed by atoms with Crippen LogP contribution < -0.4 is 5.73 Å². The van der Waals surface area contributed by atoms with Gasteiger partial charge in [0.25, 0.3) is 0 Å². The Labute approximate surface area is 128 Å². The second-order valence-electron chi connectivity index (χ2n) is 5.16. The first kappa shape index (κ1) is 14.1. The Kier molecular flexibility index (Phi) is 3.91. The zero-order chi connectivity index (χ0) is 14.8. The van der Waals surface area contributed by atoms with Crippen molar-refractivity contribution in [1.82, 2.24) is 0 Å². The van der Waals surface area contributed by atoms with E-state index in [1.54, 1.807) is 12.1 Å². The van der Waals surface area contributed by atoms with Crippen LogP contribution in [-0.4, -0.2) is 0 Å². The standard InChI is InChI=1S/C18H15ClFN/c19-15-7-8-16(17(20)11-15)18(21)10-12-5-6-13-3-1-2-4-14(13)9-12/h1-9,11,18H,10,21H2. The fourth-order valence-corrected chi connectivity index (χ4v) is 2.69. The lowest BCUT2D eigenvalue weighted by atomic mass is 9.97. The molecule has 3 rings (SSSR count). The molecule has 0 saturated carbocycles. The van der Waals surface area contributed by atoms with Gasteiger partial charge < -0.3 is 5.73 Å². The lowest BCUT2D eigenvalue weighted by Gasteiger charge is -2.14. The average Bonchev–Trinajstić information content (AvgIpc) is 2.47. The molecule has 0 aliphatic carbocycles. The molecule has 0 heterocycles. The zero-order valence-corrected chi connectivity index (χ0v) is 12.1. The highest BCUT2D eigenvalue weighted by molar-refractivity contribution is 6.30. The van der Waals surface area contributed by atoms with Gasteiger partial charge in [0.05, 0.1) is 0 Å². The van der Waals surface area contributed by atoms with Crippen molar-refractivity contribution in [2.24, 2.45) is 5.73 Å². The largest absolute Gasteiger partial charge is 0.324 e. The number of halogens is 2. The van der Waals surface area contributed by atoms with Crippen molar-refractivity contribution < 1.29 is 4.39 Å². The van der Waals surface area contributed by atoms with Crippen molar-refractivity contribution in [1.29, 1.82) is 0 Å². The van der Waals surface area contributed by atoms with Crippen LogP contribution in [0.3, 0.4) is 0 Å². The molecule has 0 fully saturated rings. The highest BCUT2D eigenvalue weighted by Crippen LogP contribution is 2.24. The summed E-state index contributed by atoms with van der Waals surface area (Å²) in [6.07, 6.45) is 0.587. The number of nitrogens with two attached hydrogens (primary N) is 1. The van der Waals surface area contributed by atoms with E-state index in [1.807, 2.05) is 18.2 Å². The molecule has 2 N–H and O–H groups in total. The normalized spacial score (nSPS) is 12.5. The van der Waals surface area contributed by atoms with Crippen molar-refractivity contribution in [2.45, 2.75) is 12.5 Å². The van der Waals surface area contributed by atoms with Crippen LogP contribution in [0.4, 0.5) is 4.39 Å². The summed E-state index contributed by atoms with van der Waals surface area (Å²) in [6, 6.07) is 18.6. The van der Waals surface area contributed by atoms with Crippen LogP contribution >= 0.6 is 11.6 Å². The molecule has 3 heteroatoms. The zero-order valence-electron chi connectivity index (χ0n) is 11.4. The lowest BCUT2D eigenvalue weighted by Crippen LogP contribution is -2.15. The number of fused-ring (bicyclic) bond motifs is 1. The van der Waals surface area contributed by atoms with Crippen LogP contribution in [-0.2, 0) is 6.42 Å². The van der Waals surface area contributed by atoms with E-state index in [0.717, 1.165) is 5.56 Å². The van der Waals surface area contributed by atoms with Crippen LogP contribution in [0.25, 0.3) is 10.8 Å². The second kappa shape index (κ2) is 5.84. The summed E-state index contributed by atoms with van der Waals surface area (Å²) in [7, 11) is 0. The quantitative estimate of drug-likeness (QED) is 0.733. The van der Waals surface area contributed by atoms with E-state index in [-0.39, 0.29) is 11.9 Å². The van der Waals surface area contributed by atoms with Crippen LogP contribution in [0.1, 0.15) is 17.2 Å². The van der Waals surface area contributed by atoms with E-state index in [2.05, 4.69) is 24.3 Å². The topological polar surface area (TPSA) is 26.0 Å². The fourth-order valence-electron chi connectivity index (χ4n) is 2.53. The maximum Gasteiger partial charge on any atom is 0.129 e. The third-order valence-corrected chi connectivity index (χ3v) is 3.87. The van der Waals surface area contributed by atoms with Crippen molar-refractivity contribution >= 4 is 22.4 Å².